The molecule has 0 aliphatic carbocycles. The molecule has 4 heterocycles. The fraction of sp³-hybridized carbons (Fsp3) is 0.636. The van der Waals surface area contributed by atoms with Crippen LogP contribution in [0.5, 0.6) is 0 Å². The van der Waals surface area contributed by atoms with Crippen molar-refractivity contribution in [3.05, 3.63) is 60.8 Å². The van der Waals surface area contributed by atoms with Crippen LogP contribution < -0.4 is 5.73 Å². The van der Waals surface area contributed by atoms with Crippen LogP contribution in [0.3, 0.4) is 0 Å². The first-order valence-electron chi connectivity index (χ1n) is 15.9. The SMILES string of the molecule is C[C@@H]1C\C=C/C=C\C=C/C=C\[C@@H](O[C@H]2O[C@H](C)[C@@H](O)[C@H](N)[C@H]2O)C[C@@H]2O[C@@](O)(C[C@H](O)C[C@@H]3O[C@H]3/C=C\C(=O)O1)C[C@@H](O)[C@H]2C(=O)O. The Bertz CT molecular complexity index is 1220. The van der Waals surface area contributed by atoms with E-state index in [2.05, 4.69) is 0 Å². The topological polar surface area (TPSA) is 231 Å². The van der Waals surface area contributed by atoms with Crippen LogP contribution in [-0.4, -0.2) is 122 Å². The number of nitrogens with two attached hydrogens (primary N) is 1. The number of carboxylic acids is 1. The maximum absolute atomic E-state index is 12.3. The standard InChI is InChI=1S/C33H47NO13/c1-18-10-8-6-4-3-5-7-9-11-21(45-32-30(39)28(34)29(38)19(2)44-32)15-25-27(31(40)41)22(36)17-33(42,47-25)16-20(35)14-24-23(46-24)12-13-26(37)43-18/h3-9,11-13,18-25,27-30,32,35-36,38-39,42H,10,14-17,34H2,1-2H3,(H,40,41)/b4-3-,7-5-,8-6-,11-9-,13-12-/t18-,19-,20-,21-,22-,23+,24+,25+,27-,28+,29-,30-,32-,33+/m1/s1. The van der Waals surface area contributed by atoms with Gasteiger partial charge in [-0.25, -0.2) is 4.79 Å². The Balaban J connectivity index is 1.58. The Labute approximate surface area is 273 Å². The molecule has 0 spiro atoms. The summed E-state index contributed by atoms with van der Waals surface area (Å²) in [7, 11) is 0. The van der Waals surface area contributed by atoms with Crippen molar-refractivity contribution in [3.63, 3.8) is 0 Å². The van der Waals surface area contributed by atoms with Crippen LogP contribution in [0.15, 0.2) is 60.8 Å². The van der Waals surface area contributed by atoms with E-state index in [1.165, 1.54) is 12.2 Å². The van der Waals surface area contributed by atoms with Crippen molar-refractivity contribution in [1.82, 2.24) is 0 Å². The number of esters is 1. The molecular weight excluding hydrogens is 618 g/mol. The second-order valence-corrected chi connectivity index (χ2v) is 12.6. The smallest absolute Gasteiger partial charge is 0.330 e. The zero-order valence-corrected chi connectivity index (χ0v) is 26.4. The highest BCUT2D eigenvalue weighted by Gasteiger charge is 2.51. The average molecular weight is 666 g/mol. The zero-order chi connectivity index (χ0) is 34.3. The van der Waals surface area contributed by atoms with Crippen LogP contribution >= 0.6 is 0 Å². The summed E-state index contributed by atoms with van der Waals surface area (Å²) < 4.78 is 28.5. The molecule has 47 heavy (non-hydrogen) atoms. The number of rotatable bonds is 3. The monoisotopic (exact) mass is 665 g/mol. The molecule has 8 N–H and O–H groups in total. The minimum absolute atomic E-state index is 0.0789. The summed E-state index contributed by atoms with van der Waals surface area (Å²) in [6.07, 6.45) is 5.25. The molecule has 14 heteroatoms. The Morgan fingerprint density at radius 3 is 2.36 bits per heavy atom. The average Bonchev–Trinajstić information content (AvgIpc) is 3.72. The lowest BCUT2D eigenvalue weighted by Crippen LogP contribution is -2.61. The molecule has 3 saturated heterocycles. The van der Waals surface area contributed by atoms with Gasteiger partial charge >= 0.3 is 11.9 Å². The fourth-order valence-electron chi connectivity index (χ4n) is 6.00. The number of carbonyl (C=O) groups excluding carboxylic acids is 1. The first kappa shape index (κ1) is 37.1. The second-order valence-electron chi connectivity index (χ2n) is 12.6. The molecule has 0 aromatic heterocycles. The normalized spacial score (nSPS) is 47.2. The van der Waals surface area contributed by atoms with Crippen molar-refractivity contribution in [2.24, 2.45) is 11.7 Å². The summed E-state index contributed by atoms with van der Waals surface area (Å²) in [6, 6.07) is -1.08. The van der Waals surface area contributed by atoms with E-state index in [4.69, 9.17) is 29.4 Å². The van der Waals surface area contributed by atoms with Gasteiger partial charge in [0.15, 0.2) is 12.1 Å². The van der Waals surface area contributed by atoms with E-state index >= 15 is 0 Å². The molecule has 0 radical (unpaired) electrons. The summed E-state index contributed by atoms with van der Waals surface area (Å²) in [5.74, 6) is -5.45. The van der Waals surface area contributed by atoms with Gasteiger partial charge in [-0.1, -0.05) is 48.6 Å². The number of aliphatic hydroxyl groups is 5. The zero-order valence-electron chi connectivity index (χ0n) is 26.4. The largest absolute Gasteiger partial charge is 0.481 e. The number of carboxylic acid groups (broad SMARTS) is 1. The fourth-order valence-corrected chi connectivity index (χ4v) is 6.00. The number of hydrogen-bond acceptors (Lipinski definition) is 13. The lowest BCUT2D eigenvalue weighted by atomic mass is 9.83. The van der Waals surface area contributed by atoms with Gasteiger partial charge in [0.05, 0.1) is 48.8 Å². The third kappa shape index (κ3) is 10.6. The van der Waals surface area contributed by atoms with Crippen LogP contribution in [0, 0.1) is 5.92 Å². The molecule has 0 saturated carbocycles. The van der Waals surface area contributed by atoms with Crippen molar-refractivity contribution in [1.29, 1.82) is 0 Å². The van der Waals surface area contributed by atoms with Crippen LogP contribution in [0.25, 0.3) is 0 Å². The minimum atomic E-state index is -2.10. The number of cyclic esters (lactones) is 1. The van der Waals surface area contributed by atoms with E-state index in [-0.39, 0.29) is 25.4 Å². The van der Waals surface area contributed by atoms with Gasteiger partial charge in [0.2, 0.25) is 0 Å². The van der Waals surface area contributed by atoms with Gasteiger partial charge in [0.1, 0.15) is 24.2 Å². The molecule has 0 aromatic rings. The summed E-state index contributed by atoms with van der Waals surface area (Å²) in [6.45, 7) is 3.34. The number of aliphatic hydroxyl groups excluding tert-OH is 4. The van der Waals surface area contributed by atoms with E-state index in [1.54, 1.807) is 56.4 Å². The molecule has 0 aromatic carbocycles. The van der Waals surface area contributed by atoms with Gasteiger partial charge in [-0.15, -0.1) is 0 Å². The lowest BCUT2D eigenvalue weighted by Gasteiger charge is -2.45. The quantitative estimate of drug-likeness (QED) is 0.157. The Morgan fingerprint density at radius 2 is 1.64 bits per heavy atom. The number of ether oxygens (including phenoxy) is 5. The number of epoxide rings is 1. The molecule has 0 amide bonds. The van der Waals surface area contributed by atoms with Crippen molar-refractivity contribution in [2.45, 2.75) is 125 Å². The van der Waals surface area contributed by atoms with E-state index in [9.17, 15) is 40.2 Å². The highest BCUT2D eigenvalue weighted by molar-refractivity contribution is 5.82. The Kier molecular flexibility index (Phi) is 13.1. The molecule has 3 fully saturated rings. The van der Waals surface area contributed by atoms with Crippen LogP contribution in [0.4, 0.5) is 0 Å². The van der Waals surface area contributed by atoms with Gasteiger partial charge in [-0.05, 0) is 19.9 Å². The van der Waals surface area contributed by atoms with Gasteiger partial charge in [-0.2, -0.15) is 0 Å². The van der Waals surface area contributed by atoms with Gasteiger partial charge in [0, 0.05) is 38.2 Å². The minimum Gasteiger partial charge on any atom is -0.481 e. The molecule has 0 unspecified atom stereocenters. The van der Waals surface area contributed by atoms with E-state index in [0.717, 1.165) is 0 Å². The Hall–Kier alpha value is -2.76. The van der Waals surface area contributed by atoms with Crippen LogP contribution in [-0.2, 0) is 33.3 Å². The number of hydrogen-bond donors (Lipinski definition) is 7. The summed E-state index contributed by atoms with van der Waals surface area (Å²) in [5.41, 5.74) is 5.98. The first-order chi connectivity index (χ1) is 22.3. The number of carbonyl (C=O) groups is 2. The predicted octanol–water partition coefficient (Wildman–Crippen LogP) is 0.120. The van der Waals surface area contributed by atoms with E-state index < -0.39 is 97.3 Å². The second kappa shape index (κ2) is 16.6. The molecule has 14 nitrogen and oxygen atoms in total. The predicted molar refractivity (Wildman–Crippen MR) is 165 cm³/mol. The summed E-state index contributed by atoms with van der Waals surface area (Å²) in [4.78, 5) is 24.4. The summed E-state index contributed by atoms with van der Waals surface area (Å²) >= 11 is 0. The highest BCUT2D eigenvalue weighted by Crippen LogP contribution is 2.39. The van der Waals surface area contributed by atoms with Crippen LogP contribution in [0.1, 0.15) is 46.0 Å². The van der Waals surface area contributed by atoms with Gasteiger partial charge in [0.25, 0.3) is 0 Å². The molecule has 2 bridgehead atoms. The van der Waals surface area contributed by atoms with Crippen molar-refractivity contribution < 1.29 is 63.9 Å². The lowest BCUT2D eigenvalue weighted by molar-refractivity contribution is -0.308. The highest BCUT2D eigenvalue weighted by atomic mass is 16.7. The van der Waals surface area contributed by atoms with Gasteiger partial charge < -0.3 is 60.1 Å². The molecule has 4 aliphatic heterocycles. The first-order valence-corrected chi connectivity index (χ1v) is 15.9. The number of fused-ring (bicyclic) bond motifs is 3. The molecular formula is C33H47NO13. The van der Waals surface area contributed by atoms with E-state index in [0.29, 0.717) is 6.42 Å². The molecule has 14 atom stereocenters. The number of allylic oxidation sites excluding steroid dienone is 6. The molecule has 4 rings (SSSR count). The maximum atomic E-state index is 12.3. The van der Waals surface area contributed by atoms with Crippen molar-refractivity contribution in [2.75, 3.05) is 0 Å². The molecule has 4 aliphatic rings. The van der Waals surface area contributed by atoms with Crippen molar-refractivity contribution in [3.8, 4) is 0 Å². The Morgan fingerprint density at radius 1 is 0.936 bits per heavy atom. The third-order valence-electron chi connectivity index (χ3n) is 8.58. The number of aliphatic carboxylic acids is 1. The van der Waals surface area contributed by atoms with Crippen LogP contribution in [0.2, 0.25) is 0 Å². The van der Waals surface area contributed by atoms with Crippen molar-refractivity contribution >= 4 is 11.9 Å². The van der Waals surface area contributed by atoms with E-state index in [1.807, 2.05) is 6.08 Å². The van der Waals surface area contributed by atoms with Gasteiger partial charge in [-0.3, -0.25) is 4.79 Å². The molecule has 262 valence electrons. The summed E-state index contributed by atoms with van der Waals surface area (Å²) in [5, 5.41) is 63.9. The maximum Gasteiger partial charge on any atom is 0.330 e. The third-order valence-corrected chi connectivity index (χ3v) is 8.58.